The van der Waals surface area contributed by atoms with Gasteiger partial charge in [0.05, 0.1) is 15.9 Å². The Labute approximate surface area is 114 Å². The number of nitro benzene ring substituents is 1. The summed E-state index contributed by atoms with van der Waals surface area (Å²) in [4.78, 5) is 15.2. The molecule has 6 heteroatoms. The van der Waals surface area contributed by atoms with Gasteiger partial charge >= 0.3 is 0 Å². The maximum absolute atomic E-state index is 11.0. The molecule has 0 saturated carbocycles. The van der Waals surface area contributed by atoms with Crippen molar-refractivity contribution in [1.82, 2.24) is 4.98 Å². The third-order valence-electron chi connectivity index (χ3n) is 2.52. The molecule has 0 spiro atoms. The van der Waals surface area contributed by atoms with Crippen molar-refractivity contribution in [3.8, 4) is 0 Å². The Bertz CT molecular complexity index is 602. The highest BCUT2D eigenvalue weighted by Gasteiger charge is 2.17. The van der Waals surface area contributed by atoms with E-state index in [1.54, 1.807) is 43.5 Å². The summed E-state index contributed by atoms with van der Waals surface area (Å²) in [5, 5.41) is 21.2. The lowest BCUT2D eigenvalue weighted by Gasteiger charge is -2.10. The fourth-order valence-electron chi connectivity index (χ4n) is 1.60. The molecule has 0 amide bonds. The topological polar surface area (TPSA) is 76.3 Å². The maximum atomic E-state index is 11.0. The van der Waals surface area contributed by atoms with Crippen molar-refractivity contribution in [3.63, 3.8) is 0 Å². The second kappa shape index (κ2) is 5.81. The third-order valence-corrected chi connectivity index (χ3v) is 3.62. The molecule has 1 heterocycles. The molecule has 0 unspecified atom stereocenters. The molecule has 0 aliphatic carbocycles. The van der Waals surface area contributed by atoms with Gasteiger partial charge in [-0.3, -0.25) is 10.1 Å². The number of benzene rings is 1. The van der Waals surface area contributed by atoms with Crippen molar-refractivity contribution >= 4 is 17.4 Å². The number of aromatic nitrogens is 1. The number of hydrogen-bond acceptors (Lipinski definition) is 5. The first-order chi connectivity index (χ1) is 9.09. The molecule has 0 aliphatic heterocycles. The minimum atomic E-state index is -0.668. The lowest BCUT2D eigenvalue weighted by Crippen LogP contribution is -1.97. The lowest BCUT2D eigenvalue weighted by molar-refractivity contribution is -0.387. The fourth-order valence-corrected chi connectivity index (χ4v) is 2.68. The van der Waals surface area contributed by atoms with Crippen molar-refractivity contribution in [3.05, 3.63) is 58.3 Å². The van der Waals surface area contributed by atoms with Crippen LogP contribution in [0.5, 0.6) is 0 Å². The van der Waals surface area contributed by atoms with Crippen LogP contribution in [0.3, 0.4) is 0 Å². The Morgan fingerprint density at radius 1 is 1.32 bits per heavy atom. The average molecular weight is 276 g/mol. The summed E-state index contributed by atoms with van der Waals surface area (Å²) in [5.74, 6) is 0. The monoisotopic (exact) mass is 276 g/mol. The van der Waals surface area contributed by atoms with Crippen molar-refractivity contribution in [2.75, 3.05) is 0 Å². The maximum Gasteiger partial charge on any atom is 0.283 e. The molecule has 0 radical (unpaired) electrons. The molecule has 0 bridgehead atoms. The number of nitro groups is 1. The fraction of sp³-hybridized carbons (Fsp3) is 0.154. The number of pyridine rings is 1. The molecule has 1 N–H and O–H groups in total. The highest BCUT2D eigenvalue weighted by molar-refractivity contribution is 7.99. The summed E-state index contributed by atoms with van der Waals surface area (Å²) in [7, 11) is 0. The highest BCUT2D eigenvalue weighted by Crippen LogP contribution is 2.36. The molecule has 19 heavy (non-hydrogen) atoms. The minimum absolute atomic E-state index is 0.0368. The van der Waals surface area contributed by atoms with Crippen LogP contribution in [0.2, 0.25) is 0 Å². The Balaban J connectivity index is 2.39. The van der Waals surface area contributed by atoms with E-state index in [1.807, 2.05) is 0 Å². The van der Waals surface area contributed by atoms with E-state index in [0.29, 0.717) is 15.5 Å². The normalized spacial score (nSPS) is 12.1. The standard InChI is InChI=1S/C13H12N2O3S/c1-9(16)10-5-4-8-14-13(10)19-12-7-3-2-6-11(12)15(17)18/h2-9,16H,1H3/t9-/m1/s1. The first-order valence-electron chi connectivity index (χ1n) is 5.64. The molecule has 1 aromatic carbocycles. The van der Waals surface area contributed by atoms with E-state index in [4.69, 9.17) is 0 Å². The number of rotatable bonds is 4. The number of aliphatic hydroxyl groups excluding tert-OH is 1. The van der Waals surface area contributed by atoms with Crippen LogP contribution in [0.4, 0.5) is 5.69 Å². The first kappa shape index (κ1) is 13.5. The number of para-hydroxylation sites is 1. The van der Waals surface area contributed by atoms with Crippen LogP contribution < -0.4 is 0 Å². The molecule has 5 nitrogen and oxygen atoms in total. The van der Waals surface area contributed by atoms with Crippen LogP contribution in [0.1, 0.15) is 18.6 Å². The second-order valence-electron chi connectivity index (χ2n) is 3.90. The summed E-state index contributed by atoms with van der Waals surface area (Å²) >= 11 is 1.18. The van der Waals surface area contributed by atoms with E-state index < -0.39 is 11.0 Å². The van der Waals surface area contributed by atoms with Gasteiger partial charge in [0.1, 0.15) is 5.03 Å². The highest BCUT2D eigenvalue weighted by atomic mass is 32.2. The molecule has 98 valence electrons. The molecule has 0 saturated heterocycles. The van der Waals surface area contributed by atoms with Crippen LogP contribution in [0, 0.1) is 10.1 Å². The van der Waals surface area contributed by atoms with E-state index in [9.17, 15) is 15.2 Å². The summed E-state index contributed by atoms with van der Waals surface area (Å²) in [6, 6.07) is 9.97. The molecule has 0 aliphatic rings. The Kier molecular flexibility index (Phi) is 4.13. The van der Waals surface area contributed by atoms with Crippen molar-refractivity contribution in [2.24, 2.45) is 0 Å². The van der Waals surface area contributed by atoms with Gasteiger partial charge in [-0.2, -0.15) is 0 Å². The van der Waals surface area contributed by atoms with Crippen LogP contribution in [0.15, 0.2) is 52.5 Å². The summed E-state index contributed by atoms with van der Waals surface area (Å²) in [5.41, 5.74) is 0.695. The van der Waals surface area contributed by atoms with Gasteiger partial charge in [0.15, 0.2) is 0 Å². The zero-order valence-corrected chi connectivity index (χ0v) is 11.0. The van der Waals surface area contributed by atoms with Crippen molar-refractivity contribution < 1.29 is 10.0 Å². The van der Waals surface area contributed by atoms with Gasteiger partial charge in [-0.05, 0) is 19.1 Å². The zero-order chi connectivity index (χ0) is 13.8. The largest absolute Gasteiger partial charge is 0.389 e. The summed E-state index contributed by atoms with van der Waals surface area (Å²) in [6.07, 6.45) is 0.933. The zero-order valence-electron chi connectivity index (χ0n) is 10.2. The number of aliphatic hydroxyl groups is 1. The van der Waals surface area contributed by atoms with E-state index in [1.165, 1.54) is 17.8 Å². The van der Waals surface area contributed by atoms with E-state index in [0.717, 1.165) is 0 Å². The van der Waals surface area contributed by atoms with Gasteiger partial charge < -0.3 is 5.11 Å². The summed E-state index contributed by atoms with van der Waals surface area (Å²) in [6.45, 7) is 1.64. The van der Waals surface area contributed by atoms with Crippen molar-refractivity contribution in [1.29, 1.82) is 0 Å². The van der Waals surface area contributed by atoms with Gasteiger partial charge in [0.2, 0.25) is 0 Å². The van der Waals surface area contributed by atoms with E-state index in [-0.39, 0.29) is 5.69 Å². The SMILES string of the molecule is C[C@@H](O)c1cccnc1Sc1ccccc1[N+](=O)[O-]. The Morgan fingerprint density at radius 2 is 2.05 bits per heavy atom. The Hall–Kier alpha value is -1.92. The molecule has 1 aromatic heterocycles. The summed E-state index contributed by atoms with van der Waals surface area (Å²) < 4.78 is 0. The minimum Gasteiger partial charge on any atom is -0.389 e. The van der Waals surface area contributed by atoms with E-state index >= 15 is 0 Å². The van der Waals surface area contributed by atoms with Crippen LogP contribution in [-0.2, 0) is 0 Å². The average Bonchev–Trinajstić information content (AvgIpc) is 2.39. The molecular formula is C13H12N2O3S. The lowest BCUT2D eigenvalue weighted by atomic mass is 10.2. The third kappa shape index (κ3) is 3.10. The molecule has 2 aromatic rings. The smallest absolute Gasteiger partial charge is 0.283 e. The quantitative estimate of drug-likeness (QED) is 0.685. The number of hydrogen-bond donors (Lipinski definition) is 1. The second-order valence-corrected chi connectivity index (χ2v) is 4.93. The van der Waals surface area contributed by atoms with Crippen LogP contribution >= 0.6 is 11.8 Å². The predicted octanol–water partition coefficient (Wildman–Crippen LogP) is 3.19. The van der Waals surface area contributed by atoms with Gasteiger partial charge in [0.25, 0.3) is 5.69 Å². The van der Waals surface area contributed by atoms with Crippen LogP contribution in [-0.4, -0.2) is 15.0 Å². The van der Waals surface area contributed by atoms with Crippen molar-refractivity contribution in [2.45, 2.75) is 22.9 Å². The van der Waals surface area contributed by atoms with Crippen LogP contribution in [0.25, 0.3) is 0 Å². The van der Waals surface area contributed by atoms with Gasteiger partial charge in [-0.25, -0.2) is 4.98 Å². The number of nitrogens with zero attached hydrogens (tertiary/aromatic N) is 2. The van der Waals surface area contributed by atoms with E-state index in [2.05, 4.69) is 4.98 Å². The first-order valence-corrected chi connectivity index (χ1v) is 6.45. The Morgan fingerprint density at radius 3 is 2.74 bits per heavy atom. The molecule has 1 atom stereocenters. The molecule has 0 fully saturated rings. The van der Waals surface area contributed by atoms with Gasteiger partial charge in [-0.15, -0.1) is 0 Å². The van der Waals surface area contributed by atoms with Gasteiger partial charge in [-0.1, -0.05) is 30.0 Å². The molecular weight excluding hydrogens is 264 g/mol. The predicted molar refractivity (Wildman–Crippen MR) is 72.1 cm³/mol. The molecule has 2 rings (SSSR count). The van der Waals surface area contributed by atoms with Gasteiger partial charge in [0, 0.05) is 17.8 Å².